The highest BCUT2D eigenvalue weighted by Crippen LogP contribution is 2.18. The van der Waals surface area contributed by atoms with Crippen LogP contribution in [-0.4, -0.2) is 60.6 Å². The van der Waals surface area contributed by atoms with Crippen molar-refractivity contribution in [1.29, 1.82) is 0 Å². The molecule has 0 aromatic heterocycles. The van der Waals surface area contributed by atoms with Gasteiger partial charge in [0.05, 0.1) is 13.0 Å². The number of amides is 3. The summed E-state index contributed by atoms with van der Waals surface area (Å²) in [6, 6.07) is 8.04. The van der Waals surface area contributed by atoms with Gasteiger partial charge in [0.25, 0.3) is 0 Å². The molecule has 1 saturated heterocycles. The number of urea groups is 1. The second-order valence-corrected chi connectivity index (χ2v) is 7.05. The van der Waals surface area contributed by atoms with Crippen molar-refractivity contribution in [3.63, 3.8) is 0 Å². The van der Waals surface area contributed by atoms with Gasteiger partial charge in [0.15, 0.2) is 0 Å². The molecule has 6 nitrogen and oxygen atoms in total. The van der Waals surface area contributed by atoms with E-state index < -0.39 is 0 Å². The van der Waals surface area contributed by atoms with Gasteiger partial charge in [-0.25, -0.2) is 4.79 Å². The fourth-order valence-electron chi connectivity index (χ4n) is 3.65. The lowest BCUT2D eigenvalue weighted by molar-refractivity contribution is -0.131. The maximum absolute atomic E-state index is 12.5. The third kappa shape index (κ3) is 4.90. The van der Waals surface area contributed by atoms with Crippen molar-refractivity contribution >= 4 is 11.9 Å². The van der Waals surface area contributed by atoms with Crippen LogP contribution in [-0.2, 0) is 11.2 Å². The summed E-state index contributed by atoms with van der Waals surface area (Å²) >= 11 is 0. The van der Waals surface area contributed by atoms with Crippen molar-refractivity contribution < 1.29 is 14.3 Å². The molecule has 1 aliphatic carbocycles. The highest BCUT2D eigenvalue weighted by Gasteiger charge is 2.26. The number of hydrogen-bond donors (Lipinski definition) is 1. The van der Waals surface area contributed by atoms with Crippen LogP contribution in [0.5, 0.6) is 5.75 Å². The molecule has 142 valence electrons. The van der Waals surface area contributed by atoms with Crippen LogP contribution in [0, 0.1) is 0 Å². The van der Waals surface area contributed by atoms with Crippen LogP contribution in [0.1, 0.15) is 38.2 Å². The molecule has 0 unspecified atom stereocenters. The SMILES string of the molecule is CCOc1ccc(CC(=O)N2CCN(C(=O)NC3CCCC3)CC2)cc1. The Hall–Kier alpha value is -2.24. The predicted octanol–water partition coefficient (Wildman–Crippen LogP) is 2.42. The molecular formula is C20H29N3O3. The fourth-order valence-corrected chi connectivity index (χ4v) is 3.65. The number of nitrogens with zero attached hydrogens (tertiary/aromatic N) is 2. The van der Waals surface area contributed by atoms with Gasteiger partial charge in [0.2, 0.25) is 5.91 Å². The van der Waals surface area contributed by atoms with E-state index in [-0.39, 0.29) is 11.9 Å². The Kier molecular flexibility index (Phi) is 6.36. The molecule has 26 heavy (non-hydrogen) atoms. The van der Waals surface area contributed by atoms with E-state index in [4.69, 9.17) is 4.74 Å². The molecule has 1 aromatic rings. The third-order valence-corrected chi connectivity index (χ3v) is 5.19. The lowest BCUT2D eigenvalue weighted by Crippen LogP contribution is -2.54. The summed E-state index contributed by atoms with van der Waals surface area (Å²) in [5.41, 5.74) is 0.986. The van der Waals surface area contributed by atoms with Crippen molar-refractivity contribution in [3.05, 3.63) is 29.8 Å². The molecule has 1 saturated carbocycles. The largest absolute Gasteiger partial charge is 0.494 e. The zero-order valence-electron chi connectivity index (χ0n) is 15.6. The van der Waals surface area contributed by atoms with Crippen molar-refractivity contribution in [2.45, 2.75) is 45.1 Å². The van der Waals surface area contributed by atoms with Crippen molar-refractivity contribution in [3.8, 4) is 5.75 Å². The molecule has 6 heteroatoms. The number of rotatable bonds is 5. The smallest absolute Gasteiger partial charge is 0.317 e. The lowest BCUT2D eigenvalue weighted by atomic mass is 10.1. The van der Waals surface area contributed by atoms with Gasteiger partial charge in [-0.1, -0.05) is 25.0 Å². The summed E-state index contributed by atoms with van der Waals surface area (Å²) in [5.74, 6) is 0.940. The number of nitrogens with one attached hydrogen (secondary N) is 1. The minimum atomic E-state index is 0.0236. The van der Waals surface area contributed by atoms with Crippen molar-refractivity contribution in [2.24, 2.45) is 0 Å². The highest BCUT2D eigenvalue weighted by atomic mass is 16.5. The van der Waals surface area contributed by atoms with Crippen LogP contribution in [0.4, 0.5) is 4.79 Å². The number of piperazine rings is 1. The second-order valence-electron chi connectivity index (χ2n) is 7.05. The molecule has 3 rings (SSSR count). The Morgan fingerprint density at radius 1 is 1.04 bits per heavy atom. The number of benzene rings is 1. The zero-order chi connectivity index (χ0) is 18.4. The van der Waals surface area contributed by atoms with E-state index in [2.05, 4.69) is 5.32 Å². The molecule has 0 atom stereocenters. The lowest BCUT2D eigenvalue weighted by Gasteiger charge is -2.35. The van der Waals surface area contributed by atoms with Crippen LogP contribution >= 0.6 is 0 Å². The van der Waals surface area contributed by atoms with Gasteiger partial charge in [0, 0.05) is 32.2 Å². The summed E-state index contributed by atoms with van der Waals surface area (Å²) in [6.07, 6.45) is 4.98. The minimum Gasteiger partial charge on any atom is -0.494 e. The summed E-state index contributed by atoms with van der Waals surface area (Å²) in [5, 5.41) is 3.12. The van der Waals surface area contributed by atoms with Gasteiger partial charge in [-0.3, -0.25) is 4.79 Å². The predicted molar refractivity (Wildman–Crippen MR) is 100 cm³/mol. The first-order valence-corrected chi connectivity index (χ1v) is 9.70. The highest BCUT2D eigenvalue weighted by molar-refractivity contribution is 5.79. The first-order valence-electron chi connectivity index (χ1n) is 9.70. The molecule has 2 aliphatic rings. The van der Waals surface area contributed by atoms with Crippen molar-refractivity contribution in [2.75, 3.05) is 32.8 Å². The van der Waals surface area contributed by atoms with Crippen LogP contribution in [0.25, 0.3) is 0 Å². The fraction of sp³-hybridized carbons (Fsp3) is 0.600. The molecule has 3 amide bonds. The van der Waals surface area contributed by atoms with Gasteiger partial charge >= 0.3 is 6.03 Å². The maximum Gasteiger partial charge on any atom is 0.317 e. The van der Waals surface area contributed by atoms with Gasteiger partial charge in [-0.2, -0.15) is 0 Å². The maximum atomic E-state index is 12.5. The van der Waals surface area contributed by atoms with Crippen molar-refractivity contribution in [1.82, 2.24) is 15.1 Å². The van der Waals surface area contributed by atoms with Gasteiger partial charge in [-0.05, 0) is 37.5 Å². The zero-order valence-corrected chi connectivity index (χ0v) is 15.6. The van der Waals surface area contributed by atoms with E-state index in [0.717, 1.165) is 24.2 Å². The monoisotopic (exact) mass is 359 g/mol. The molecule has 0 spiro atoms. The Labute approximate surface area is 155 Å². The summed E-state index contributed by atoms with van der Waals surface area (Å²) in [4.78, 5) is 28.5. The molecule has 2 fully saturated rings. The summed E-state index contributed by atoms with van der Waals surface area (Å²) in [7, 11) is 0. The van der Waals surface area contributed by atoms with Crippen LogP contribution in [0.3, 0.4) is 0 Å². The van der Waals surface area contributed by atoms with E-state index in [9.17, 15) is 9.59 Å². The molecule has 1 N–H and O–H groups in total. The van der Waals surface area contributed by atoms with E-state index in [1.807, 2.05) is 41.0 Å². The average Bonchev–Trinajstić information content (AvgIpc) is 3.16. The molecule has 0 radical (unpaired) electrons. The first kappa shape index (κ1) is 18.5. The van der Waals surface area contributed by atoms with Crippen LogP contribution in [0.2, 0.25) is 0 Å². The molecule has 1 aliphatic heterocycles. The summed E-state index contributed by atoms with van der Waals surface area (Å²) in [6.45, 7) is 5.00. The minimum absolute atomic E-state index is 0.0236. The van der Waals surface area contributed by atoms with Crippen LogP contribution in [0.15, 0.2) is 24.3 Å². The Bertz CT molecular complexity index is 603. The van der Waals surface area contributed by atoms with E-state index in [1.54, 1.807) is 0 Å². The molecular weight excluding hydrogens is 330 g/mol. The van der Waals surface area contributed by atoms with Crippen LogP contribution < -0.4 is 10.1 Å². The summed E-state index contributed by atoms with van der Waals surface area (Å²) < 4.78 is 5.43. The van der Waals surface area contributed by atoms with Gasteiger partial charge in [0.1, 0.15) is 5.75 Å². The molecule has 1 aromatic carbocycles. The number of carbonyl (C=O) groups excluding carboxylic acids is 2. The van der Waals surface area contributed by atoms with E-state index in [1.165, 1.54) is 12.8 Å². The quantitative estimate of drug-likeness (QED) is 0.878. The Balaban J connectivity index is 1.43. The third-order valence-electron chi connectivity index (χ3n) is 5.19. The number of ether oxygens (including phenoxy) is 1. The standard InChI is InChI=1S/C20H29N3O3/c1-2-26-18-9-7-16(8-10-18)15-19(24)22-11-13-23(14-12-22)20(25)21-17-5-3-4-6-17/h7-10,17H,2-6,11-15H2,1H3,(H,21,25). The van der Waals surface area contributed by atoms with E-state index in [0.29, 0.717) is 45.2 Å². The molecule has 0 bridgehead atoms. The van der Waals surface area contributed by atoms with Gasteiger partial charge < -0.3 is 19.9 Å². The topological polar surface area (TPSA) is 61.9 Å². The number of hydrogen-bond acceptors (Lipinski definition) is 3. The Morgan fingerprint density at radius 3 is 2.27 bits per heavy atom. The normalized spacial score (nSPS) is 18.0. The first-order chi connectivity index (χ1) is 12.7. The molecule has 1 heterocycles. The Morgan fingerprint density at radius 2 is 1.65 bits per heavy atom. The second kappa shape index (κ2) is 8.92. The van der Waals surface area contributed by atoms with E-state index >= 15 is 0 Å². The number of carbonyl (C=O) groups is 2. The van der Waals surface area contributed by atoms with Gasteiger partial charge in [-0.15, -0.1) is 0 Å². The average molecular weight is 359 g/mol.